The molecule has 1 N–H and O–H groups in total. The standard InChI is InChI=1S/C24H29N3O4/c1-5-31-20-13-7-17(8-14-20)21-22(24(29)27(23(21)28)15-6-16-30-4)25-18-9-11-19(12-10-18)26(2)3/h7-14,25H,5-6,15-16H2,1-4H3. The Morgan fingerprint density at radius 2 is 1.65 bits per heavy atom. The second-order valence-corrected chi connectivity index (χ2v) is 7.38. The minimum atomic E-state index is -0.332. The molecule has 1 heterocycles. The number of carbonyl (C=O) groups is 2. The zero-order valence-corrected chi connectivity index (χ0v) is 18.5. The molecule has 1 aliphatic rings. The molecule has 0 bridgehead atoms. The molecular weight excluding hydrogens is 394 g/mol. The molecule has 0 unspecified atom stereocenters. The minimum absolute atomic E-state index is 0.282. The number of nitrogens with zero attached hydrogens (tertiary/aromatic N) is 2. The highest BCUT2D eigenvalue weighted by atomic mass is 16.5. The van der Waals surface area contributed by atoms with E-state index in [1.54, 1.807) is 31.4 Å². The van der Waals surface area contributed by atoms with Crippen LogP contribution in [0.3, 0.4) is 0 Å². The van der Waals surface area contributed by atoms with Crippen molar-refractivity contribution in [2.45, 2.75) is 13.3 Å². The van der Waals surface area contributed by atoms with Gasteiger partial charge in [0.1, 0.15) is 11.4 Å². The van der Waals surface area contributed by atoms with Gasteiger partial charge >= 0.3 is 0 Å². The highest BCUT2D eigenvalue weighted by Gasteiger charge is 2.38. The number of nitrogens with one attached hydrogen (secondary N) is 1. The van der Waals surface area contributed by atoms with Gasteiger partial charge in [-0.1, -0.05) is 12.1 Å². The van der Waals surface area contributed by atoms with Gasteiger partial charge in [-0.3, -0.25) is 14.5 Å². The van der Waals surface area contributed by atoms with Crippen molar-refractivity contribution in [3.05, 3.63) is 59.8 Å². The van der Waals surface area contributed by atoms with Crippen molar-refractivity contribution < 1.29 is 19.1 Å². The molecule has 1 aliphatic heterocycles. The molecule has 0 aromatic heterocycles. The van der Waals surface area contributed by atoms with Crippen LogP contribution >= 0.6 is 0 Å². The lowest BCUT2D eigenvalue weighted by atomic mass is 10.0. The molecule has 7 nitrogen and oxygen atoms in total. The van der Waals surface area contributed by atoms with Crippen molar-refractivity contribution in [3.63, 3.8) is 0 Å². The molecule has 2 aromatic carbocycles. The third-order valence-corrected chi connectivity index (χ3v) is 5.01. The van der Waals surface area contributed by atoms with Crippen LogP contribution in [0.4, 0.5) is 11.4 Å². The monoisotopic (exact) mass is 423 g/mol. The summed E-state index contributed by atoms with van der Waals surface area (Å²) in [5, 5.41) is 3.18. The molecule has 0 aliphatic carbocycles. The normalized spacial score (nSPS) is 13.7. The second kappa shape index (κ2) is 10.1. The van der Waals surface area contributed by atoms with E-state index in [2.05, 4.69) is 5.32 Å². The van der Waals surface area contributed by atoms with E-state index in [9.17, 15) is 9.59 Å². The Labute approximate surface area is 183 Å². The van der Waals surface area contributed by atoms with E-state index in [1.807, 2.05) is 50.2 Å². The van der Waals surface area contributed by atoms with E-state index in [1.165, 1.54) is 4.90 Å². The zero-order chi connectivity index (χ0) is 22.4. The average Bonchev–Trinajstić information content (AvgIpc) is 2.99. The predicted octanol–water partition coefficient (Wildman–Crippen LogP) is 3.38. The molecule has 2 amide bonds. The van der Waals surface area contributed by atoms with E-state index in [4.69, 9.17) is 9.47 Å². The van der Waals surface area contributed by atoms with Crippen LogP contribution in [0, 0.1) is 0 Å². The highest BCUT2D eigenvalue weighted by molar-refractivity contribution is 6.36. The molecule has 164 valence electrons. The van der Waals surface area contributed by atoms with Gasteiger partial charge in [-0.2, -0.15) is 0 Å². The van der Waals surface area contributed by atoms with Gasteiger partial charge in [-0.05, 0) is 55.3 Å². The summed E-state index contributed by atoms with van der Waals surface area (Å²) in [5.41, 5.74) is 3.10. The summed E-state index contributed by atoms with van der Waals surface area (Å²) in [6.45, 7) is 3.25. The number of benzene rings is 2. The summed E-state index contributed by atoms with van der Waals surface area (Å²) in [4.78, 5) is 29.6. The van der Waals surface area contributed by atoms with Gasteiger partial charge in [0.05, 0.1) is 12.2 Å². The maximum atomic E-state index is 13.2. The maximum Gasteiger partial charge on any atom is 0.278 e. The van der Waals surface area contributed by atoms with Crippen LogP contribution in [-0.2, 0) is 14.3 Å². The Kier molecular flexibility index (Phi) is 7.31. The summed E-state index contributed by atoms with van der Waals surface area (Å²) in [5.74, 6) is 0.0775. The molecule has 3 rings (SSSR count). The van der Waals surface area contributed by atoms with E-state index >= 15 is 0 Å². The molecule has 0 spiro atoms. The van der Waals surface area contributed by atoms with Gasteiger partial charge < -0.3 is 19.7 Å². The number of carbonyl (C=O) groups excluding carboxylic acids is 2. The van der Waals surface area contributed by atoms with Gasteiger partial charge in [0.25, 0.3) is 11.8 Å². The van der Waals surface area contributed by atoms with Crippen LogP contribution in [0.2, 0.25) is 0 Å². The van der Waals surface area contributed by atoms with Crippen molar-refractivity contribution >= 4 is 28.8 Å². The largest absolute Gasteiger partial charge is 0.494 e. The van der Waals surface area contributed by atoms with Crippen molar-refractivity contribution in [2.24, 2.45) is 0 Å². The van der Waals surface area contributed by atoms with Crippen LogP contribution in [0.1, 0.15) is 18.9 Å². The molecular formula is C24H29N3O4. The Balaban J connectivity index is 1.94. The first-order valence-corrected chi connectivity index (χ1v) is 10.3. The number of imide groups is 1. The van der Waals surface area contributed by atoms with Crippen LogP contribution < -0.4 is 15.0 Å². The first-order chi connectivity index (χ1) is 15.0. The number of rotatable bonds is 10. The number of hydrogen-bond acceptors (Lipinski definition) is 6. The van der Waals surface area contributed by atoms with Crippen LogP contribution in [0.15, 0.2) is 54.2 Å². The summed E-state index contributed by atoms with van der Waals surface area (Å²) in [6, 6.07) is 14.9. The Morgan fingerprint density at radius 3 is 2.23 bits per heavy atom. The third kappa shape index (κ3) is 5.06. The smallest absolute Gasteiger partial charge is 0.278 e. The summed E-state index contributed by atoms with van der Waals surface area (Å²) in [6.07, 6.45) is 0.579. The summed E-state index contributed by atoms with van der Waals surface area (Å²) < 4.78 is 10.6. The molecule has 0 radical (unpaired) electrons. The fourth-order valence-electron chi connectivity index (χ4n) is 3.40. The zero-order valence-electron chi connectivity index (χ0n) is 18.5. The second-order valence-electron chi connectivity index (χ2n) is 7.38. The van der Waals surface area contributed by atoms with Crippen molar-refractivity contribution in [2.75, 3.05) is 51.2 Å². The number of ether oxygens (including phenoxy) is 2. The average molecular weight is 424 g/mol. The minimum Gasteiger partial charge on any atom is -0.494 e. The fourth-order valence-corrected chi connectivity index (χ4v) is 3.40. The number of hydrogen-bond donors (Lipinski definition) is 1. The highest BCUT2D eigenvalue weighted by Crippen LogP contribution is 2.32. The van der Waals surface area contributed by atoms with Crippen molar-refractivity contribution in [1.82, 2.24) is 4.90 Å². The quantitative estimate of drug-likeness (QED) is 0.467. The van der Waals surface area contributed by atoms with Crippen molar-refractivity contribution in [3.8, 4) is 5.75 Å². The molecule has 0 saturated heterocycles. The van der Waals surface area contributed by atoms with Crippen LogP contribution in [0.5, 0.6) is 5.75 Å². The number of amides is 2. The van der Waals surface area contributed by atoms with Gasteiger partial charge in [-0.25, -0.2) is 0 Å². The van der Waals surface area contributed by atoms with Gasteiger partial charge in [0.15, 0.2) is 0 Å². The summed E-state index contributed by atoms with van der Waals surface area (Å²) >= 11 is 0. The van der Waals surface area contributed by atoms with Gasteiger partial charge in [-0.15, -0.1) is 0 Å². The molecule has 31 heavy (non-hydrogen) atoms. The van der Waals surface area contributed by atoms with E-state index in [0.29, 0.717) is 43.1 Å². The molecule has 0 saturated carbocycles. The first kappa shape index (κ1) is 22.4. The molecule has 7 heteroatoms. The lowest BCUT2D eigenvalue weighted by Crippen LogP contribution is -2.33. The Bertz CT molecular complexity index is 950. The predicted molar refractivity (Wildman–Crippen MR) is 122 cm³/mol. The Hall–Kier alpha value is -3.32. The summed E-state index contributed by atoms with van der Waals surface area (Å²) in [7, 11) is 5.53. The SMILES string of the molecule is CCOc1ccc(C2=C(Nc3ccc(N(C)C)cc3)C(=O)N(CCCOC)C2=O)cc1. The lowest BCUT2D eigenvalue weighted by molar-refractivity contribution is -0.136. The van der Waals surface area contributed by atoms with Crippen LogP contribution in [0.25, 0.3) is 5.57 Å². The molecule has 0 atom stereocenters. The third-order valence-electron chi connectivity index (χ3n) is 5.01. The van der Waals surface area contributed by atoms with Crippen LogP contribution in [-0.4, -0.2) is 57.7 Å². The topological polar surface area (TPSA) is 71.1 Å². The van der Waals surface area contributed by atoms with Crippen molar-refractivity contribution in [1.29, 1.82) is 0 Å². The van der Waals surface area contributed by atoms with Gasteiger partial charge in [0.2, 0.25) is 0 Å². The van der Waals surface area contributed by atoms with E-state index < -0.39 is 0 Å². The van der Waals surface area contributed by atoms with E-state index in [0.717, 1.165) is 11.4 Å². The lowest BCUT2D eigenvalue weighted by Gasteiger charge is -2.15. The number of anilines is 2. The fraction of sp³-hybridized carbons (Fsp3) is 0.333. The van der Waals surface area contributed by atoms with E-state index in [-0.39, 0.29) is 17.5 Å². The number of methoxy groups -OCH3 is 1. The maximum absolute atomic E-state index is 13.2. The Morgan fingerprint density at radius 1 is 0.968 bits per heavy atom. The molecule has 0 fully saturated rings. The molecule has 2 aromatic rings. The van der Waals surface area contributed by atoms with Gasteiger partial charge in [0, 0.05) is 45.7 Å². The first-order valence-electron chi connectivity index (χ1n) is 10.3.